The van der Waals surface area contributed by atoms with E-state index >= 15 is 0 Å². The Bertz CT molecular complexity index is 207. The van der Waals surface area contributed by atoms with Crippen molar-refractivity contribution in [1.29, 1.82) is 0 Å². The van der Waals surface area contributed by atoms with Crippen LogP contribution < -0.4 is 5.32 Å². The maximum atomic E-state index is 3.46. The molecule has 2 saturated heterocycles. The van der Waals surface area contributed by atoms with Gasteiger partial charge in [-0.25, -0.2) is 0 Å². The first-order valence-corrected chi connectivity index (χ1v) is 7.09. The smallest absolute Gasteiger partial charge is 0.00327 e. The molecule has 0 aromatic heterocycles. The predicted octanol–water partition coefficient (Wildman–Crippen LogP) is 2.50. The molecule has 1 N–H and O–H groups in total. The number of rotatable bonds is 4. The molecule has 0 aliphatic carbocycles. The standard InChI is InChI=1S/C14H28N2/c1-14(2)7-4-10-16(12-14)9-3-5-13-6-8-15-11-13/h13,15H,3-12H2,1-2H3. The van der Waals surface area contributed by atoms with Gasteiger partial charge in [0.05, 0.1) is 0 Å². The number of likely N-dealkylation sites (tertiary alicyclic amines) is 1. The molecule has 0 saturated carbocycles. The van der Waals surface area contributed by atoms with Gasteiger partial charge in [-0.2, -0.15) is 0 Å². The van der Waals surface area contributed by atoms with Crippen molar-refractivity contribution >= 4 is 0 Å². The highest BCUT2D eigenvalue weighted by molar-refractivity contribution is 4.80. The molecule has 0 aromatic carbocycles. The fourth-order valence-electron chi connectivity index (χ4n) is 3.30. The Labute approximate surface area is 101 Å². The molecule has 1 atom stereocenters. The lowest BCUT2D eigenvalue weighted by Gasteiger charge is -2.38. The molecule has 0 aromatic rings. The van der Waals surface area contributed by atoms with E-state index in [9.17, 15) is 0 Å². The van der Waals surface area contributed by atoms with Crippen molar-refractivity contribution in [3.63, 3.8) is 0 Å². The molecule has 0 radical (unpaired) electrons. The third kappa shape index (κ3) is 3.74. The van der Waals surface area contributed by atoms with Gasteiger partial charge < -0.3 is 10.2 Å². The molecule has 2 rings (SSSR count). The summed E-state index contributed by atoms with van der Waals surface area (Å²) < 4.78 is 0. The lowest BCUT2D eigenvalue weighted by atomic mass is 9.84. The highest BCUT2D eigenvalue weighted by Crippen LogP contribution is 2.28. The minimum absolute atomic E-state index is 0.563. The van der Waals surface area contributed by atoms with Gasteiger partial charge in [0, 0.05) is 6.54 Å². The third-order valence-corrected chi connectivity index (χ3v) is 4.23. The van der Waals surface area contributed by atoms with Gasteiger partial charge in [0.2, 0.25) is 0 Å². The second-order valence-corrected chi connectivity index (χ2v) is 6.54. The molecule has 0 spiro atoms. The van der Waals surface area contributed by atoms with Gasteiger partial charge in [0.25, 0.3) is 0 Å². The Morgan fingerprint density at radius 2 is 2.25 bits per heavy atom. The minimum Gasteiger partial charge on any atom is -0.316 e. The van der Waals surface area contributed by atoms with Gasteiger partial charge in [-0.1, -0.05) is 13.8 Å². The highest BCUT2D eigenvalue weighted by atomic mass is 15.1. The van der Waals surface area contributed by atoms with Crippen molar-refractivity contribution < 1.29 is 0 Å². The molecule has 2 aliphatic rings. The monoisotopic (exact) mass is 224 g/mol. The van der Waals surface area contributed by atoms with Crippen LogP contribution in [0.1, 0.15) is 46.0 Å². The van der Waals surface area contributed by atoms with Crippen LogP contribution in [0.3, 0.4) is 0 Å². The van der Waals surface area contributed by atoms with Crippen molar-refractivity contribution in [2.24, 2.45) is 11.3 Å². The number of nitrogens with zero attached hydrogens (tertiary/aromatic N) is 1. The molecular weight excluding hydrogens is 196 g/mol. The molecule has 2 heterocycles. The first-order chi connectivity index (χ1) is 7.66. The number of piperidine rings is 1. The van der Waals surface area contributed by atoms with E-state index in [0.717, 1.165) is 5.92 Å². The van der Waals surface area contributed by atoms with Crippen LogP contribution in [0.2, 0.25) is 0 Å². The van der Waals surface area contributed by atoms with E-state index in [0.29, 0.717) is 5.41 Å². The van der Waals surface area contributed by atoms with E-state index in [4.69, 9.17) is 0 Å². The molecule has 1 unspecified atom stereocenters. The van der Waals surface area contributed by atoms with Gasteiger partial charge in [-0.3, -0.25) is 0 Å². The number of hydrogen-bond donors (Lipinski definition) is 1. The Morgan fingerprint density at radius 3 is 2.94 bits per heavy atom. The summed E-state index contributed by atoms with van der Waals surface area (Å²) in [5, 5.41) is 3.46. The number of hydrogen-bond acceptors (Lipinski definition) is 2. The van der Waals surface area contributed by atoms with Crippen molar-refractivity contribution in [3.05, 3.63) is 0 Å². The average molecular weight is 224 g/mol. The van der Waals surface area contributed by atoms with Crippen LogP contribution in [0.5, 0.6) is 0 Å². The molecular formula is C14H28N2. The van der Waals surface area contributed by atoms with E-state index in [-0.39, 0.29) is 0 Å². The van der Waals surface area contributed by atoms with Crippen LogP contribution in [0.4, 0.5) is 0 Å². The van der Waals surface area contributed by atoms with E-state index in [1.807, 2.05) is 0 Å². The largest absolute Gasteiger partial charge is 0.316 e. The summed E-state index contributed by atoms with van der Waals surface area (Å²) in [6, 6.07) is 0. The van der Waals surface area contributed by atoms with Gasteiger partial charge >= 0.3 is 0 Å². The van der Waals surface area contributed by atoms with E-state index < -0.39 is 0 Å². The maximum absolute atomic E-state index is 3.46. The average Bonchev–Trinajstić information content (AvgIpc) is 2.69. The van der Waals surface area contributed by atoms with Crippen LogP contribution >= 0.6 is 0 Å². The van der Waals surface area contributed by atoms with Crippen molar-refractivity contribution in [2.45, 2.75) is 46.0 Å². The quantitative estimate of drug-likeness (QED) is 0.789. The third-order valence-electron chi connectivity index (χ3n) is 4.23. The fraction of sp³-hybridized carbons (Fsp3) is 1.00. The normalized spacial score (nSPS) is 30.8. The van der Waals surface area contributed by atoms with Crippen LogP contribution in [-0.2, 0) is 0 Å². The van der Waals surface area contributed by atoms with Gasteiger partial charge in [0.15, 0.2) is 0 Å². The van der Waals surface area contributed by atoms with Crippen LogP contribution in [0, 0.1) is 11.3 Å². The van der Waals surface area contributed by atoms with Crippen LogP contribution in [0.15, 0.2) is 0 Å². The summed E-state index contributed by atoms with van der Waals surface area (Å²) in [5.41, 5.74) is 0.563. The SMILES string of the molecule is CC1(C)CCCN(CCCC2CCNC2)C1. The predicted molar refractivity (Wildman–Crippen MR) is 69.7 cm³/mol. The fourth-order valence-corrected chi connectivity index (χ4v) is 3.30. The molecule has 0 amide bonds. The summed E-state index contributed by atoms with van der Waals surface area (Å²) >= 11 is 0. The van der Waals surface area contributed by atoms with Gasteiger partial charge in [0.1, 0.15) is 0 Å². The molecule has 2 fully saturated rings. The first-order valence-electron chi connectivity index (χ1n) is 7.09. The van der Waals surface area contributed by atoms with E-state index in [1.165, 1.54) is 64.8 Å². The summed E-state index contributed by atoms with van der Waals surface area (Å²) in [7, 11) is 0. The van der Waals surface area contributed by atoms with Crippen molar-refractivity contribution in [3.8, 4) is 0 Å². The van der Waals surface area contributed by atoms with Crippen LogP contribution in [0.25, 0.3) is 0 Å². The van der Waals surface area contributed by atoms with Crippen LogP contribution in [-0.4, -0.2) is 37.6 Å². The molecule has 94 valence electrons. The minimum atomic E-state index is 0.563. The lowest BCUT2D eigenvalue weighted by Crippen LogP contribution is -2.40. The Balaban J connectivity index is 1.61. The molecule has 2 aliphatic heterocycles. The van der Waals surface area contributed by atoms with Crippen molar-refractivity contribution in [1.82, 2.24) is 10.2 Å². The van der Waals surface area contributed by atoms with Gasteiger partial charge in [-0.15, -0.1) is 0 Å². The summed E-state index contributed by atoms with van der Waals surface area (Å²) in [5.74, 6) is 0.970. The zero-order valence-electron chi connectivity index (χ0n) is 11.1. The molecule has 2 heteroatoms. The Morgan fingerprint density at radius 1 is 1.38 bits per heavy atom. The molecule has 16 heavy (non-hydrogen) atoms. The zero-order valence-corrected chi connectivity index (χ0v) is 11.1. The first kappa shape index (κ1) is 12.4. The highest BCUT2D eigenvalue weighted by Gasteiger charge is 2.26. The lowest BCUT2D eigenvalue weighted by molar-refractivity contribution is 0.115. The molecule has 2 nitrogen and oxygen atoms in total. The molecule has 0 bridgehead atoms. The second kappa shape index (κ2) is 5.50. The topological polar surface area (TPSA) is 15.3 Å². The zero-order chi connectivity index (χ0) is 11.4. The Kier molecular flexibility index (Phi) is 4.26. The van der Waals surface area contributed by atoms with E-state index in [1.54, 1.807) is 0 Å². The van der Waals surface area contributed by atoms with Gasteiger partial charge in [-0.05, 0) is 69.6 Å². The van der Waals surface area contributed by atoms with Crippen molar-refractivity contribution in [2.75, 3.05) is 32.7 Å². The summed E-state index contributed by atoms with van der Waals surface area (Å²) in [6.45, 7) is 11.3. The second-order valence-electron chi connectivity index (χ2n) is 6.54. The summed E-state index contributed by atoms with van der Waals surface area (Å²) in [6.07, 6.45) is 7.06. The summed E-state index contributed by atoms with van der Waals surface area (Å²) in [4.78, 5) is 2.69. The number of nitrogens with one attached hydrogen (secondary N) is 1. The Hall–Kier alpha value is -0.0800. The van der Waals surface area contributed by atoms with E-state index in [2.05, 4.69) is 24.1 Å². The maximum Gasteiger partial charge on any atom is 0.00327 e.